The van der Waals surface area contributed by atoms with Crippen LogP contribution in [-0.2, 0) is 22.4 Å². The van der Waals surface area contributed by atoms with Gasteiger partial charge in [0, 0.05) is 24.0 Å². The Morgan fingerprint density at radius 3 is 1.52 bits per heavy atom. The van der Waals surface area contributed by atoms with E-state index in [1.54, 1.807) is 0 Å². The average Bonchev–Trinajstić information content (AvgIpc) is 2.67. The predicted octanol–water partition coefficient (Wildman–Crippen LogP) is 4.47. The summed E-state index contributed by atoms with van der Waals surface area (Å²) in [5, 5.41) is 8.52. The lowest BCUT2D eigenvalue weighted by Crippen LogP contribution is -2.10. The van der Waals surface area contributed by atoms with E-state index in [0.717, 1.165) is 24.3 Å². The molecule has 0 bridgehead atoms. The molecule has 0 saturated carbocycles. The summed E-state index contributed by atoms with van der Waals surface area (Å²) in [6, 6.07) is 3.75. The minimum Gasteiger partial charge on any atom is -0.478 e. The summed E-state index contributed by atoms with van der Waals surface area (Å²) in [6.45, 7) is 2.41. The van der Waals surface area contributed by atoms with Crippen molar-refractivity contribution in [1.29, 1.82) is 0 Å². The topological polar surface area (TPSA) is 88.5 Å². The van der Waals surface area contributed by atoms with Crippen LogP contribution in [0.2, 0.25) is 0 Å². The van der Waals surface area contributed by atoms with Crippen LogP contribution in [0.4, 0.5) is 17.6 Å². The second-order valence-corrected chi connectivity index (χ2v) is 6.96. The van der Waals surface area contributed by atoms with Crippen molar-refractivity contribution >= 4 is 39.2 Å². The number of Topliss-reactive ketones (excluding diaryl/α,β-unsaturated/α-hetero) is 3. The molecule has 0 aliphatic carbocycles. The summed E-state index contributed by atoms with van der Waals surface area (Å²) < 4.78 is 53.4. The lowest BCUT2D eigenvalue weighted by Gasteiger charge is -2.06. The van der Waals surface area contributed by atoms with Gasteiger partial charge in [0.2, 0.25) is 0 Å². The zero-order chi connectivity index (χ0) is 23.9. The number of hydrogen-bond acceptors (Lipinski definition) is 4. The van der Waals surface area contributed by atoms with Gasteiger partial charge in [-0.1, -0.05) is 15.9 Å². The van der Waals surface area contributed by atoms with Gasteiger partial charge in [-0.3, -0.25) is 14.4 Å². The quantitative estimate of drug-likeness (QED) is 0.341. The number of benzene rings is 2. The van der Waals surface area contributed by atoms with E-state index >= 15 is 0 Å². The Morgan fingerprint density at radius 1 is 0.774 bits per heavy atom. The minimum absolute atomic E-state index is 0.0466. The van der Waals surface area contributed by atoms with Crippen molar-refractivity contribution in [2.24, 2.45) is 0 Å². The van der Waals surface area contributed by atoms with Crippen molar-refractivity contribution in [1.82, 2.24) is 0 Å². The molecule has 0 amide bonds. The summed E-state index contributed by atoms with van der Waals surface area (Å²) in [7, 11) is 0. The van der Waals surface area contributed by atoms with Crippen molar-refractivity contribution in [3.05, 3.63) is 69.8 Å². The highest BCUT2D eigenvalue weighted by atomic mass is 79.9. The fourth-order valence-corrected chi connectivity index (χ4v) is 2.77. The predicted molar refractivity (Wildman–Crippen MR) is 107 cm³/mol. The van der Waals surface area contributed by atoms with Gasteiger partial charge in [0.1, 0.15) is 34.8 Å². The van der Waals surface area contributed by atoms with Crippen molar-refractivity contribution < 1.29 is 41.8 Å². The number of aromatic carboxylic acids is 1. The number of alkyl halides is 1. The molecule has 166 valence electrons. The highest BCUT2D eigenvalue weighted by molar-refractivity contribution is 9.09. The molecule has 2 aromatic carbocycles. The standard InChI is InChI=1S/C11H9BrF2O2.C10H8F2O3/c1-6(15)4-8-9(13)3-2-7(11(8)14)10(16)5-12;1-5(13)4-7-8(11)3-2-6(9(7)12)10(14)15/h2-3H,4-5H2,1H3;2-3H,4H2,1H3,(H,14,15). The van der Waals surface area contributed by atoms with Crippen LogP contribution in [0.5, 0.6) is 0 Å². The van der Waals surface area contributed by atoms with Crippen molar-refractivity contribution in [3.8, 4) is 0 Å². The summed E-state index contributed by atoms with van der Waals surface area (Å²) in [5.41, 5.74) is -1.68. The Balaban J connectivity index is 0.000000311. The van der Waals surface area contributed by atoms with Gasteiger partial charge in [-0.2, -0.15) is 0 Å². The molecule has 0 unspecified atom stereocenters. The number of carbonyl (C=O) groups is 4. The van der Waals surface area contributed by atoms with Crippen molar-refractivity contribution in [2.45, 2.75) is 26.7 Å². The Labute approximate surface area is 183 Å². The molecule has 0 aliphatic rings. The first-order chi connectivity index (χ1) is 14.4. The zero-order valence-electron chi connectivity index (χ0n) is 16.4. The molecule has 0 aromatic heterocycles. The van der Waals surface area contributed by atoms with E-state index in [-0.39, 0.29) is 28.7 Å². The first-order valence-electron chi connectivity index (χ1n) is 8.65. The normalized spacial score (nSPS) is 10.2. The molecule has 0 saturated heterocycles. The van der Waals surface area contributed by atoms with E-state index in [2.05, 4.69) is 15.9 Å². The average molecular weight is 505 g/mol. The monoisotopic (exact) mass is 504 g/mol. The number of carboxylic acids is 1. The van der Waals surface area contributed by atoms with E-state index in [1.165, 1.54) is 13.8 Å². The Morgan fingerprint density at radius 2 is 1.16 bits per heavy atom. The SMILES string of the molecule is CC(=O)Cc1c(F)ccc(C(=O)CBr)c1F.CC(=O)Cc1c(F)ccc(C(=O)O)c1F. The van der Waals surface area contributed by atoms with Gasteiger partial charge in [-0.15, -0.1) is 0 Å². The molecule has 2 rings (SSSR count). The summed E-state index contributed by atoms with van der Waals surface area (Å²) in [5.74, 6) is -6.61. The third kappa shape index (κ3) is 7.09. The Kier molecular flexibility index (Phi) is 9.70. The highest BCUT2D eigenvalue weighted by Gasteiger charge is 2.19. The molecule has 10 heteroatoms. The molecule has 0 atom stereocenters. The van der Waals surface area contributed by atoms with Crippen molar-refractivity contribution in [2.75, 3.05) is 5.33 Å². The third-order valence-electron chi connectivity index (χ3n) is 3.88. The van der Waals surface area contributed by atoms with Gasteiger partial charge < -0.3 is 5.11 Å². The lowest BCUT2D eigenvalue weighted by atomic mass is 10.0. The molecule has 0 fully saturated rings. The number of ketones is 3. The first kappa shape index (κ1) is 26.2. The highest BCUT2D eigenvalue weighted by Crippen LogP contribution is 2.19. The maximum Gasteiger partial charge on any atom is 0.338 e. The second-order valence-electron chi connectivity index (χ2n) is 6.39. The second kappa shape index (κ2) is 11.5. The van der Waals surface area contributed by atoms with E-state index in [9.17, 15) is 36.7 Å². The van der Waals surface area contributed by atoms with Crippen LogP contribution in [0.1, 0.15) is 45.7 Å². The molecule has 0 spiro atoms. The van der Waals surface area contributed by atoms with E-state index in [0.29, 0.717) is 0 Å². The fraction of sp³-hybridized carbons (Fsp3) is 0.238. The van der Waals surface area contributed by atoms with E-state index in [1.807, 2.05) is 0 Å². The molecular formula is C21H17BrF4O5. The number of carbonyl (C=O) groups excluding carboxylic acids is 3. The molecule has 2 aromatic rings. The van der Waals surface area contributed by atoms with Gasteiger partial charge >= 0.3 is 5.97 Å². The molecule has 0 radical (unpaired) electrons. The first-order valence-corrected chi connectivity index (χ1v) is 9.77. The number of carboxylic acid groups (broad SMARTS) is 1. The van der Waals surface area contributed by atoms with Gasteiger partial charge in [0.05, 0.1) is 16.5 Å². The maximum absolute atomic E-state index is 13.7. The zero-order valence-corrected chi connectivity index (χ0v) is 18.0. The van der Waals surface area contributed by atoms with Crippen LogP contribution < -0.4 is 0 Å². The van der Waals surface area contributed by atoms with Crippen LogP contribution in [0.3, 0.4) is 0 Å². The number of hydrogen-bond donors (Lipinski definition) is 1. The van der Waals surface area contributed by atoms with E-state index in [4.69, 9.17) is 5.11 Å². The molecular weight excluding hydrogens is 488 g/mol. The molecule has 1 N–H and O–H groups in total. The maximum atomic E-state index is 13.7. The van der Waals surface area contributed by atoms with E-state index < -0.39 is 58.4 Å². The van der Waals surface area contributed by atoms with Gasteiger partial charge in [-0.05, 0) is 38.1 Å². The largest absolute Gasteiger partial charge is 0.478 e. The molecule has 31 heavy (non-hydrogen) atoms. The van der Waals surface area contributed by atoms with Crippen LogP contribution in [0.15, 0.2) is 24.3 Å². The van der Waals surface area contributed by atoms with Crippen molar-refractivity contribution in [3.63, 3.8) is 0 Å². The van der Waals surface area contributed by atoms with Crippen LogP contribution in [0, 0.1) is 23.3 Å². The summed E-state index contributed by atoms with van der Waals surface area (Å²) in [6.07, 6.45) is -0.792. The Bertz CT molecular complexity index is 1040. The summed E-state index contributed by atoms with van der Waals surface area (Å²) >= 11 is 2.90. The molecule has 5 nitrogen and oxygen atoms in total. The minimum atomic E-state index is -1.49. The van der Waals surface area contributed by atoms with Crippen LogP contribution in [-0.4, -0.2) is 33.8 Å². The van der Waals surface area contributed by atoms with Gasteiger partial charge in [0.25, 0.3) is 0 Å². The molecule has 0 heterocycles. The lowest BCUT2D eigenvalue weighted by molar-refractivity contribution is -0.117. The molecule has 0 aliphatic heterocycles. The summed E-state index contributed by atoms with van der Waals surface area (Å²) in [4.78, 5) is 43.4. The third-order valence-corrected chi connectivity index (χ3v) is 4.38. The van der Waals surface area contributed by atoms with Gasteiger partial charge in [-0.25, -0.2) is 22.4 Å². The number of rotatable bonds is 7. The van der Waals surface area contributed by atoms with Crippen LogP contribution >= 0.6 is 15.9 Å². The van der Waals surface area contributed by atoms with Gasteiger partial charge in [0.15, 0.2) is 5.78 Å². The van der Waals surface area contributed by atoms with Crippen LogP contribution in [0.25, 0.3) is 0 Å². The number of halogens is 5. The Hall–Kier alpha value is -2.88. The fourth-order valence-electron chi connectivity index (χ4n) is 2.47. The smallest absolute Gasteiger partial charge is 0.338 e.